The van der Waals surface area contributed by atoms with E-state index in [0.717, 1.165) is 84.4 Å². The third-order valence-corrected chi connectivity index (χ3v) is 11.5. The molecule has 2 aromatic carbocycles. The predicted molar refractivity (Wildman–Crippen MR) is 196 cm³/mol. The Morgan fingerprint density at radius 3 is 2.60 bits per heavy atom. The smallest absolute Gasteiger partial charge is 0.220 e. The highest BCUT2D eigenvalue weighted by molar-refractivity contribution is 6.39. The minimum atomic E-state index is -0.961. The summed E-state index contributed by atoms with van der Waals surface area (Å²) >= 11 is 14.3. The zero-order valence-electron chi connectivity index (χ0n) is 28.3. The second-order valence-electron chi connectivity index (χ2n) is 13.8. The molecule has 1 aliphatic carbocycles. The zero-order valence-corrected chi connectivity index (χ0v) is 29.8. The van der Waals surface area contributed by atoms with E-state index in [1.54, 1.807) is 20.4 Å². The van der Waals surface area contributed by atoms with Gasteiger partial charge in [0.25, 0.3) is 0 Å². The summed E-state index contributed by atoms with van der Waals surface area (Å²) in [6.07, 6.45) is 6.21. The van der Waals surface area contributed by atoms with Gasteiger partial charge in [-0.3, -0.25) is 14.7 Å². The van der Waals surface area contributed by atoms with Crippen LogP contribution in [0.25, 0.3) is 22.4 Å². The molecule has 2 aromatic heterocycles. The number of aryl methyl sites for hydroxylation is 2. The number of halogens is 2. The Kier molecular flexibility index (Phi) is 8.46. The number of carbonyl (C=O) groups is 1. The van der Waals surface area contributed by atoms with Crippen molar-refractivity contribution in [2.75, 3.05) is 32.6 Å². The van der Waals surface area contributed by atoms with Gasteiger partial charge in [-0.1, -0.05) is 53.5 Å². The van der Waals surface area contributed by atoms with Crippen LogP contribution in [0.2, 0.25) is 10.0 Å². The molecule has 0 bridgehead atoms. The number of likely N-dealkylation sites (tertiary alicyclic amines) is 1. The highest BCUT2D eigenvalue weighted by Crippen LogP contribution is 2.47. The van der Waals surface area contributed by atoms with Crippen LogP contribution in [0.4, 0.5) is 11.5 Å². The molecule has 2 fully saturated rings. The van der Waals surface area contributed by atoms with Gasteiger partial charge in [0.2, 0.25) is 11.8 Å². The molecule has 1 unspecified atom stereocenters. The van der Waals surface area contributed by atoms with Crippen molar-refractivity contribution in [1.82, 2.24) is 25.2 Å². The molecular weight excluding hydrogens is 673 g/mol. The molecule has 258 valence electrons. The van der Waals surface area contributed by atoms with Crippen molar-refractivity contribution in [3.05, 3.63) is 86.5 Å². The van der Waals surface area contributed by atoms with Gasteiger partial charge in [0.1, 0.15) is 5.82 Å². The number of rotatable bonds is 6. The average Bonchev–Trinajstić information content (AvgIpc) is 3.71. The van der Waals surface area contributed by atoms with Gasteiger partial charge in [-0.25, -0.2) is 9.97 Å². The van der Waals surface area contributed by atoms with Crippen molar-refractivity contribution in [3.63, 3.8) is 0 Å². The average molecular weight is 713 g/mol. The van der Waals surface area contributed by atoms with E-state index in [1.807, 2.05) is 49.4 Å². The van der Waals surface area contributed by atoms with Crippen molar-refractivity contribution in [2.24, 2.45) is 5.10 Å². The summed E-state index contributed by atoms with van der Waals surface area (Å²) in [6, 6.07) is 15.8. The van der Waals surface area contributed by atoms with Gasteiger partial charge in [0.15, 0.2) is 6.23 Å². The lowest BCUT2D eigenvalue weighted by Gasteiger charge is -2.35. The summed E-state index contributed by atoms with van der Waals surface area (Å²) in [5.74, 6) is 1.29. The zero-order chi connectivity index (χ0) is 34.7. The first kappa shape index (κ1) is 33.0. The Hall–Kier alpha value is -4.22. The summed E-state index contributed by atoms with van der Waals surface area (Å²) in [5, 5.41) is 24.4. The van der Waals surface area contributed by atoms with E-state index in [9.17, 15) is 9.90 Å². The summed E-state index contributed by atoms with van der Waals surface area (Å²) in [5.41, 5.74) is 8.09. The molecule has 3 atom stereocenters. The Balaban J connectivity index is 1.11. The number of aromatic nitrogens is 2. The lowest BCUT2D eigenvalue weighted by Crippen LogP contribution is -2.53. The minimum Gasteiger partial charge on any atom is -0.481 e. The van der Waals surface area contributed by atoms with Crippen LogP contribution in [-0.4, -0.2) is 69.9 Å². The molecule has 1 amide bonds. The molecule has 2 saturated heterocycles. The monoisotopic (exact) mass is 711 g/mol. The predicted octanol–water partition coefficient (Wildman–Crippen LogP) is 7.18. The third-order valence-electron chi connectivity index (χ3n) is 10.6. The number of pyridine rings is 2. The van der Waals surface area contributed by atoms with E-state index in [0.29, 0.717) is 39.4 Å². The molecular formula is C38H39Cl2N7O3. The number of amides is 1. The number of hydrogen-bond acceptors (Lipinski definition) is 9. The first-order chi connectivity index (χ1) is 24.1. The van der Waals surface area contributed by atoms with Crippen molar-refractivity contribution in [1.29, 1.82) is 0 Å². The van der Waals surface area contributed by atoms with E-state index >= 15 is 0 Å². The lowest BCUT2D eigenvalue weighted by atomic mass is 9.88. The van der Waals surface area contributed by atoms with E-state index in [-0.39, 0.29) is 17.5 Å². The van der Waals surface area contributed by atoms with Crippen molar-refractivity contribution < 1.29 is 14.6 Å². The summed E-state index contributed by atoms with van der Waals surface area (Å²) < 4.78 is 5.96. The Bertz CT molecular complexity index is 2060. The van der Waals surface area contributed by atoms with Gasteiger partial charge in [0, 0.05) is 66.1 Å². The first-order valence-corrected chi connectivity index (χ1v) is 17.8. The molecule has 0 radical (unpaired) electrons. The number of methoxy groups -OCH3 is 1. The molecule has 1 spiro atoms. The van der Waals surface area contributed by atoms with Crippen LogP contribution < -0.4 is 15.4 Å². The number of fused-ring (bicyclic) bond motifs is 2. The maximum atomic E-state index is 12.3. The van der Waals surface area contributed by atoms with Crippen LogP contribution in [0.5, 0.6) is 5.88 Å². The van der Waals surface area contributed by atoms with E-state index in [4.69, 9.17) is 37.9 Å². The summed E-state index contributed by atoms with van der Waals surface area (Å²) in [6.45, 7) is 3.69. The maximum absolute atomic E-state index is 12.3. The lowest BCUT2D eigenvalue weighted by molar-refractivity contribution is -0.125. The van der Waals surface area contributed by atoms with Gasteiger partial charge in [-0.2, -0.15) is 5.10 Å². The van der Waals surface area contributed by atoms with Crippen molar-refractivity contribution in [2.45, 2.75) is 63.3 Å². The number of hydrogen-bond donors (Lipinski definition) is 3. The minimum absolute atomic E-state index is 0.122. The number of hydrazone groups is 1. The van der Waals surface area contributed by atoms with Gasteiger partial charge in [0.05, 0.1) is 45.9 Å². The van der Waals surface area contributed by atoms with Gasteiger partial charge in [-0.15, -0.1) is 0 Å². The second-order valence-corrected chi connectivity index (χ2v) is 14.6. The maximum Gasteiger partial charge on any atom is 0.220 e. The number of nitrogens with zero attached hydrogens (tertiary/aromatic N) is 5. The molecule has 4 aliphatic rings. The SMILES string of the molecule is COc1nc(-c2cccc(-c3cccc(Nc4nc(C)cc5c4C(O)N(C)N=C5)c3Cl)c2Cl)cc2c1[C@@H](N1CC[C@@]3(CCCC(=O)N3)C1)CC2. The van der Waals surface area contributed by atoms with E-state index in [2.05, 4.69) is 26.7 Å². The largest absolute Gasteiger partial charge is 0.481 e. The molecule has 4 aromatic rings. The first-order valence-electron chi connectivity index (χ1n) is 17.1. The molecule has 5 heterocycles. The Morgan fingerprint density at radius 1 is 1.02 bits per heavy atom. The number of benzene rings is 2. The highest BCUT2D eigenvalue weighted by Gasteiger charge is 2.45. The standard InChI is InChI=1S/C38H39Cl2N7O3/c1-21-17-23-19-41-46(2)37(49)32(23)35(42-21)43-27-10-5-8-25(34(27)40)24-7-4-9-26(33(24)39)28-18-22-12-13-29(31(22)36(44-28)50-3)47-16-15-38(20-47)14-6-11-30(48)45-38/h4-5,7-10,17-19,29,37,49H,6,11-16,20H2,1-3H3,(H,42,43)(H,45,48)/t29-,37?,38-/m0/s1. The quantitative estimate of drug-likeness (QED) is 0.193. The van der Waals surface area contributed by atoms with Crippen LogP contribution in [0.3, 0.4) is 0 Å². The fraction of sp³-hybridized carbons (Fsp3) is 0.368. The Labute approximate surface area is 301 Å². The number of piperidine rings is 1. The van der Waals surface area contributed by atoms with Crippen LogP contribution in [0, 0.1) is 6.92 Å². The molecule has 3 N–H and O–H groups in total. The molecule has 0 saturated carbocycles. The highest BCUT2D eigenvalue weighted by atomic mass is 35.5. The molecule has 8 rings (SSSR count). The van der Waals surface area contributed by atoms with Crippen LogP contribution in [0.15, 0.2) is 53.6 Å². The second kappa shape index (κ2) is 12.8. The van der Waals surface area contributed by atoms with Gasteiger partial charge >= 0.3 is 0 Å². The van der Waals surface area contributed by atoms with Crippen LogP contribution >= 0.6 is 23.2 Å². The fourth-order valence-corrected chi connectivity index (χ4v) is 8.81. The summed E-state index contributed by atoms with van der Waals surface area (Å²) in [7, 11) is 3.39. The topological polar surface area (TPSA) is 115 Å². The molecule has 50 heavy (non-hydrogen) atoms. The fourth-order valence-electron chi connectivity index (χ4n) is 8.21. The molecule has 3 aliphatic heterocycles. The Morgan fingerprint density at radius 2 is 1.80 bits per heavy atom. The van der Waals surface area contributed by atoms with Crippen LogP contribution in [-0.2, 0) is 11.2 Å². The van der Waals surface area contributed by atoms with Gasteiger partial charge in [-0.05, 0) is 62.8 Å². The van der Waals surface area contributed by atoms with E-state index < -0.39 is 6.23 Å². The number of anilines is 2. The van der Waals surface area contributed by atoms with Crippen LogP contribution in [0.1, 0.15) is 72.3 Å². The number of carbonyl (C=O) groups excluding carboxylic acids is 1. The van der Waals surface area contributed by atoms with Crippen molar-refractivity contribution in [3.8, 4) is 28.3 Å². The van der Waals surface area contributed by atoms with E-state index in [1.165, 1.54) is 10.6 Å². The molecule has 12 heteroatoms. The number of aliphatic hydroxyl groups excluding tert-OH is 1. The number of ether oxygens (including phenoxy) is 1. The van der Waals surface area contributed by atoms with Gasteiger partial charge < -0.3 is 20.5 Å². The molecule has 10 nitrogen and oxygen atoms in total. The van der Waals surface area contributed by atoms with Crippen molar-refractivity contribution >= 4 is 46.8 Å². The number of aliphatic hydroxyl groups is 1. The number of nitrogens with one attached hydrogen (secondary N) is 2. The summed E-state index contributed by atoms with van der Waals surface area (Å²) in [4.78, 5) is 24.5. The third kappa shape index (κ3) is 5.68. The normalized spacial score (nSPS) is 22.8.